The largest absolute Gasteiger partial charge is 0.507 e. The highest BCUT2D eigenvalue weighted by atomic mass is 79.9. The minimum absolute atomic E-state index is 0.181. The Bertz CT molecular complexity index is 373. The van der Waals surface area contributed by atoms with Gasteiger partial charge in [0.1, 0.15) is 17.1 Å². The average molecular weight is 247 g/mol. The summed E-state index contributed by atoms with van der Waals surface area (Å²) in [6, 6.07) is 0.987. The molecule has 0 fully saturated rings. The molecule has 3 N–H and O–H groups in total. The Kier molecular flexibility index (Phi) is 2.47. The second-order valence-corrected chi connectivity index (χ2v) is 3.33. The van der Waals surface area contributed by atoms with Gasteiger partial charge >= 0.3 is 5.97 Å². The Labute approximate surface area is 82.6 Å². The molecule has 0 aliphatic rings. The second kappa shape index (κ2) is 3.26. The van der Waals surface area contributed by atoms with E-state index >= 15 is 0 Å². The number of benzene rings is 1. The first kappa shape index (κ1) is 9.85. The van der Waals surface area contributed by atoms with Gasteiger partial charge < -0.3 is 15.3 Å². The van der Waals surface area contributed by atoms with Gasteiger partial charge in [-0.1, -0.05) is 0 Å². The molecule has 0 unspecified atom stereocenters. The molecule has 0 heterocycles. The third-order valence-electron chi connectivity index (χ3n) is 1.67. The lowest BCUT2D eigenvalue weighted by atomic mass is 10.1. The van der Waals surface area contributed by atoms with Gasteiger partial charge in [-0.15, -0.1) is 0 Å². The van der Waals surface area contributed by atoms with Crippen LogP contribution in [-0.2, 0) is 0 Å². The van der Waals surface area contributed by atoms with Crippen molar-refractivity contribution in [1.82, 2.24) is 0 Å². The zero-order chi connectivity index (χ0) is 10.2. The average Bonchev–Trinajstić information content (AvgIpc) is 1.99. The van der Waals surface area contributed by atoms with E-state index in [1.807, 2.05) is 0 Å². The summed E-state index contributed by atoms with van der Waals surface area (Å²) in [5.41, 5.74) is 0.0923. The standard InChI is InChI=1S/C8H7BrO4/c1-3-6(8(12)13)4(10)2-5(11)7(3)9/h2,10-11H,1H3,(H,12,13). The van der Waals surface area contributed by atoms with Crippen LogP contribution in [-0.4, -0.2) is 21.3 Å². The highest BCUT2D eigenvalue weighted by Gasteiger charge is 2.17. The maximum absolute atomic E-state index is 10.6. The molecule has 13 heavy (non-hydrogen) atoms. The van der Waals surface area contributed by atoms with Gasteiger partial charge in [0.15, 0.2) is 0 Å². The highest BCUT2D eigenvalue weighted by molar-refractivity contribution is 9.10. The molecule has 0 aliphatic heterocycles. The van der Waals surface area contributed by atoms with Crippen molar-refractivity contribution in [3.8, 4) is 11.5 Å². The number of phenols is 2. The van der Waals surface area contributed by atoms with E-state index in [0.717, 1.165) is 6.07 Å². The first-order valence-corrected chi connectivity index (χ1v) is 4.18. The minimum atomic E-state index is -1.23. The van der Waals surface area contributed by atoms with Gasteiger partial charge in [-0.25, -0.2) is 4.79 Å². The Morgan fingerprint density at radius 2 is 1.92 bits per heavy atom. The molecular formula is C8H7BrO4. The second-order valence-electron chi connectivity index (χ2n) is 2.53. The summed E-state index contributed by atoms with van der Waals surface area (Å²) in [6.07, 6.45) is 0. The number of hydrogen-bond donors (Lipinski definition) is 3. The van der Waals surface area contributed by atoms with Crippen LogP contribution in [0.15, 0.2) is 10.5 Å². The van der Waals surface area contributed by atoms with Gasteiger partial charge in [-0.2, -0.15) is 0 Å². The van der Waals surface area contributed by atoms with Crippen LogP contribution in [0.1, 0.15) is 15.9 Å². The van der Waals surface area contributed by atoms with E-state index in [-0.39, 0.29) is 15.8 Å². The maximum Gasteiger partial charge on any atom is 0.339 e. The van der Waals surface area contributed by atoms with Crippen molar-refractivity contribution < 1.29 is 20.1 Å². The fourth-order valence-electron chi connectivity index (χ4n) is 1.03. The normalized spacial score (nSPS) is 10.0. The predicted octanol–water partition coefficient (Wildman–Crippen LogP) is 1.87. The van der Waals surface area contributed by atoms with Crippen LogP contribution < -0.4 is 0 Å². The van der Waals surface area contributed by atoms with Crippen LogP contribution in [0, 0.1) is 6.92 Å². The van der Waals surface area contributed by atoms with Crippen molar-refractivity contribution in [2.45, 2.75) is 6.92 Å². The summed E-state index contributed by atoms with van der Waals surface area (Å²) >= 11 is 3.01. The van der Waals surface area contributed by atoms with Crippen molar-refractivity contribution in [2.75, 3.05) is 0 Å². The van der Waals surface area contributed by atoms with Gasteiger partial charge in [0, 0.05) is 6.07 Å². The lowest BCUT2D eigenvalue weighted by Crippen LogP contribution is -2.00. The fourth-order valence-corrected chi connectivity index (χ4v) is 1.34. The topological polar surface area (TPSA) is 77.8 Å². The van der Waals surface area contributed by atoms with Crippen LogP contribution in [0.3, 0.4) is 0 Å². The molecule has 0 aromatic heterocycles. The molecule has 0 bridgehead atoms. The van der Waals surface area contributed by atoms with E-state index in [1.54, 1.807) is 0 Å². The molecule has 4 nitrogen and oxygen atoms in total. The summed E-state index contributed by atoms with van der Waals surface area (Å²) in [5, 5.41) is 27.1. The van der Waals surface area contributed by atoms with Crippen LogP contribution >= 0.6 is 15.9 Å². The van der Waals surface area contributed by atoms with E-state index in [4.69, 9.17) is 5.11 Å². The zero-order valence-electron chi connectivity index (χ0n) is 6.71. The van der Waals surface area contributed by atoms with E-state index in [9.17, 15) is 15.0 Å². The van der Waals surface area contributed by atoms with Gasteiger partial charge in [-0.3, -0.25) is 0 Å². The summed E-state index contributed by atoms with van der Waals surface area (Å²) < 4.78 is 0.280. The van der Waals surface area contributed by atoms with Crippen molar-refractivity contribution in [3.05, 3.63) is 21.7 Å². The minimum Gasteiger partial charge on any atom is -0.507 e. The predicted molar refractivity (Wildman–Crippen MR) is 49.2 cm³/mol. The molecule has 0 spiro atoms. The molecule has 0 aliphatic carbocycles. The Morgan fingerprint density at radius 3 is 2.38 bits per heavy atom. The molecule has 70 valence electrons. The van der Waals surface area contributed by atoms with Gasteiger partial charge in [0.25, 0.3) is 0 Å². The number of aromatic carboxylic acids is 1. The van der Waals surface area contributed by atoms with E-state index in [2.05, 4.69) is 15.9 Å². The lowest BCUT2D eigenvalue weighted by Gasteiger charge is -2.07. The lowest BCUT2D eigenvalue weighted by molar-refractivity contribution is 0.0693. The number of aromatic hydroxyl groups is 2. The molecule has 0 amide bonds. The highest BCUT2D eigenvalue weighted by Crippen LogP contribution is 2.35. The summed E-state index contributed by atoms with van der Waals surface area (Å²) in [6.45, 7) is 1.49. The summed E-state index contributed by atoms with van der Waals surface area (Å²) in [7, 11) is 0. The van der Waals surface area contributed by atoms with Crippen LogP contribution in [0.5, 0.6) is 11.5 Å². The number of carboxylic acids is 1. The van der Waals surface area contributed by atoms with Crippen molar-refractivity contribution >= 4 is 21.9 Å². The Morgan fingerprint density at radius 1 is 1.38 bits per heavy atom. The van der Waals surface area contributed by atoms with Gasteiger partial charge in [0.2, 0.25) is 0 Å². The number of hydrogen-bond acceptors (Lipinski definition) is 3. The monoisotopic (exact) mass is 246 g/mol. The molecule has 1 aromatic rings. The van der Waals surface area contributed by atoms with Crippen molar-refractivity contribution in [1.29, 1.82) is 0 Å². The van der Waals surface area contributed by atoms with Crippen LogP contribution in [0.4, 0.5) is 0 Å². The zero-order valence-corrected chi connectivity index (χ0v) is 8.29. The number of phenolic OH excluding ortho intramolecular Hbond substituents is 1. The van der Waals surface area contributed by atoms with E-state index in [1.165, 1.54) is 6.92 Å². The first-order valence-electron chi connectivity index (χ1n) is 3.39. The third-order valence-corrected chi connectivity index (χ3v) is 2.67. The van der Waals surface area contributed by atoms with Crippen molar-refractivity contribution in [3.63, 3.8) is 0 Å². The molecule has 0 radical (unpaired) electrons. The number of carboxylic acid groups (broad SMARTS) is 1. The summed E-state index contributed by atoms with van der Waals surface area (Å²) in [5.74, 6) is -1.85. The maximum atomic E-state index is 10.6. The molecule has 5 heteroatoms. The Hall–Kier alpha value is -1.23. The summed E-state index contributed by atoms with van der Waals surface area (Å²) in [4.78, 5) is 10.6. The third kappa shape index (κ3) is 1.60. The molecule has 1 rings (SSSR count). The van der Waals surface area contributed by atoms with Crippen LogP contribution in [0.25, 0.3) is 0 Å². The molecule has 0 atom stereocenters. The van der Waals surface area contributed by atoms with Crippen molar-refractivity contribution in [2.24, 2.45) is 0 Å². The first-order chi connectivity index (χ1) is 5.95. The number of halogens is 1. The van der Waals surface area contributed by atoms with Crippen LogP contribution in [0.2, 0.25) is 0 Å². The van der Waals surface area contributed by atoms with Gasteiger partial charge in [0.05, 0.1) is 4.47 Å². The fraction of sp³-hybridized carbons (Fsp3) is 0.125. The van der Waals surface area contributed by atoms with E-state index in [0.29, 0.717) is 5.56 Å². The Balaban J connectivity index is 3.53. The number of carbonyl (C=O) groups is 1. The number of rotatable bonds is 1. The molecule has 0 saturated carbocycles. The quantitative estimate of drug-likeness (QED) is 0.707. The molecule has 0 saturated heterocycles. The molecule has 1 aromatic carbocycles. The van der Waals surface area contributed by atoms with Gasteiger partial charge in [-0.05, 0) is 28.4 Å². The molecular weight excluding hydrogens is 240 g/mol. The van der Waals surface area contributed by atoms with E-state index < -0.39 is 11.7 Å². The smallest absolute Gasteiger partial charge is 0.339 e. The SMILES string of the molecule is Cc1c(Br)c(O)cc(O)c1C(=O)O.